The molecule has 0 bridgehead atoms. The van der Waals surface area contributed by atoms with E-state index >= 15 is 0 Å². The summed E-state index contributed by atoms with van der Waals surface area (Å²) in [5, 5.41) is 1.16. The Bertz CT molecular complexity index is 1970. The van der Waals surface area contributed by atoms with Crippen molar-refractivity contribution in [3.8, 4) is 22.4 Å². The van der Waals surface area contributed by atoms with E-state index in [9.17, 15) is 8.42 Å². The molecule has 212 valence electrons. The van der Waals surface area contributed by atoms with Crippen molar-refractivity contribution in [2.45, 2.75) is 11.8 Å². The maximum absolute atomic E-state index is 14.7. The van der Waals surface area contributed by atoms with Gasteiger partial charge in [-0.3, -0.25) is 0 Å². The Morgan fingerprint density at radius 1 is 0.628 bits per heavy atom. The first-order valence-electron chi connectivity index (χ1n) is 13.7. The minimum atomic E-state index is -4.07. The quantitative estimate of drug-likeness (QED) is 0.178. The lowest BCUT2D eigenvalue weighted by molar-refractivity contribution is 0.588. The summed E-state index contributed by atoms with van der Waals surface area (Å²) in [7, 11) is -4.07. The van der Waals surface area contributed by atoms with Gasteiger partial charge in [-0.25, -0.2) is 12.4 Å². The van der Waals surface area contributed by atoms with E-state index in [1.165, 1.54) is 3.97 Å². The van der Waals surface area contributed by atoms with Crippen molar-refractivity contribution in [2.24, 2.45) is 0 Å². The Morgan fingerprint density at radius 2 is 1.12 bits per heavy atom. The third-order valence-corrected chi connectivity index (χ3v) is 9.55. The lowest BCUT2D eigenvalue weighted by Gasteiger charge is -2.16. The molecule has 6 heteroatoms. The molecule has 6 aromatic rings. The van der Waals surface area contributed by atoms with Crippen LogP contribution in [0.1, 0.15) is 22.4 Å². The fourth-order valence-corrected chi connectivity index (χ4v) is 6.88. The van der Waals surface area contributed by atoms with Crippen LogP contribution in [0.15, 0.2) is 144 Å². The molecule has 0 radical (unpaired) electrons. The molecule has 43 heavy (non-hydrogen) atoms. The number of hydrogen-bond donors (Lipinski definition) is 0. The third-order valence-electron chi connectivity index (χ3n) is 7.30. The molecule has 1 heterocycles. The topological polar surface area (TPSA) is 39.1 Å². The van der Waals surface area contributed by atoms with Gasteiger partial charge in [0.1, 0.15) is 0 Å². The number of rotatable bonds is 7. The predicted molar refractivity (Wildman–Crippen MR) is 179 cm³/mol. The van der Waals surface area contributed by atoms with Crippen LogP contribution in [0.4, 0.5) is 0 Å². The number of nitrogens with zero attached hydrogens (tertiary/aromatic N) is 1. The molecule has 0 saturated carbocycles. The Labute approximate surface area is 262 Å². The van der Waals surface area contributed by atoms with Gasteiger partial charge in [0.25, 0.3) is 10.0 Å². The zero-order valence-electron chi connectivity index (χ0n) is 23.3. The van der Waals surface area contributed by atoms with Crippen LogP contribution in [0, 0.1) is 6.92 Å². The third kappa shape index (κ3) is 5.95. The van der Waals surface area contributed by atoms with E-state index in [4.69, 9.17) is 23.2 Å². The van der Waals surface area contributed by atoms with E-state index in [1.807, 2.05) is 128 Å². The molecule has 0 amide bonds. The van der Waals surface area contributed by atoms with Gasteiger partial charge >= 0.3 is 0 Å². The monoisotopic (exact) mass is 619 g/mol. The second-order valence-corrected chi connectivity index (χ2v) is 12.9. The van der Waals surface area contributed by atoms with Crippen molar-refractivity contribution in [2.75, 3.05) is 0 Å². The molecule has 0 fully saturated rings. The summed E-state index contributed by atoms with van der Waals surface area (Å²) in [5.74, 6) is 0. The molecular formula is C37H27Cl2NO2S. The van der Waals surface area contributed by atoms with Crippen molar-refractivity contribution in [1.29, 1.82) is 0 Å². The van der Waals surface area contributed by atoms with Gasteiger partial charge in [-0.2, -0.15) is 0 Å². The summed E-state index contributed by atoms with van der Waals surface area (Å²) in [6.07, 6.45) is 1.97. The molecule has 0 unspecified atom stereocenters. The number of halogens is 2. The first kappa shape index (κ1) is 28.8. The van der Waals surface area contributed by atoms with Crippen LogP contribution in [0.3, 0.4) is 0 Å². The van der Waals surface area contributed by atoms with Gasteiger partial charge in [-0.15, -0.1) is 0 Å². The summed E-state index contributed by atoms with van der Waals surface area (Å²) in [4.78, 5) is 0.196. The number of benzene rings is 5. The molecule has 0 spiro atoms. The summed E-state index contributed by atoms with van der Waals surface area (Å²) < 4.78 is 30.8. The Balaban J connectivity index is 1.74. The van der Waals surface area contributed by atoms with Crippen LogP contribution in [-0.4, -0.2) is 12.4 Å². The lowest BCUT2D eigenvalue weighted by atomic mass is 9.95. The average Bonchev–Trinajstić information content (AvgIpc) is 3.41. The molecule has 0 saturated heterocycles. The smallest absolute Gasteiger partial charge is 0.233 e. The fourth-order valence-electron chi connectivity index (χ4n) is 5.11. The van der Waals surface area contributed by atoms with Crippen LogP contribution in [-0.2, 0) is 10.0 Å². The van der Waals surface area contributed by atoms with Gasteiger partial charge in [0, 0.05) is 15.6 Å². The largest absolute Gasteiger partial charge is 0.268 e. The van der Waals surface area contributed by atoms with E-state index < -0.39 is 10.0 Å². The molecule has 0 N–H and O–H groups in total. The van der Waals surface area contributed by atoms with E-state index in [2.05, 4.69) is 0 Å². The lowest BCUT2D eigenvalue weighted by Crippen LogP contribution is -2.16. The standard InChI is InChI=1S/C37H27Cl2NO2S/c1-26-12-22-33(23-13-26)43(41,42)40-36(30-16-20-32(39)21-17-30)25-35(29-14-18-31(38)19-15-29)37(40)24-34(27-8-4-2-5-9-27)28-10-6-3-7-11-28/h2-25H,1H3. The molecule has 0 aliphatic rings. The van der Waals surface area contributed by atoms with E-state index in [0.717, 1.165) is 39.0 Å². The van der Waals surface area contributed by atoms with Gasteiger partial charge in [-0.05, 0) is 83.3 Å². The second-order valence-electron chi connectivity index (χ2n) is 10.2. The SMILES string of the molecule is Cc1ccc(S(=O)(=O)n2c(-c3ccc(Cl)cc3)cc(-c3ccc(Cl)cc3)c2C=C(c2ccccc2)c2ccccc2)cc1. The van der Waals surface area contributed by atoms with Crippen molar-refractivity contribution in [3.05, 3.63) is 172 Å². The molecule has 0 atom stereocenters. The molecule has 1 aromatic heterocycles. The fraction of sp³-hybridized carbons (Fsp3) is 0.0270. The number of hydrogen-bond acceptors (Lipinski definition) is 2. The molecule has 0 aliphatic heterocycles. The highest BCUT2D eigenvalue weighted by Crippen LogP contribution is 2.39. The maximum Gasteiger partial charge on any atom is 0.268 e. The molecular weight excluding hydrogens is 593 g/mol. The molecule has 6 rings (SSSR count). The molecule has 0 aliphatic carbocycles. The minimum Gasteiger partial charge on any atom is -0.233 e. The van der Waals surface area contributed by atoms with Gasteiger partial charge in [0.05, 0.1) is 16.3 Å². The van der Waals surface area contributed by atoms with Gasteiger partial charge in [-0.1, -0.05) is 126 Å². The van der Waals surface area contributed by atoms with Gasteiger partial charge < -0.3 is 0 Å². The highest BCUT2D eigenvalue weighted by atomic mass is 35.5. The highest BCUT2D eigenvalue weighted by molar-refractivity contribution is 7.90. The second kappa shape index (κ2) is 12.1. The van der Waals surface area contributed by atoms with Crippen LogP contribution in [0.25, 0.3) is 34.0 Å². The van der Waals surface area contributed by atoms with Crippen LogP contribution >= 0.6 is 23.2 Å². The first-order valence-corrected chi connectivity index (χ1v) is 15.9. The summed E-state index contributed by atoms with van der Waals surface area (Å²) >= 11 is 12.5. The maximum atomic E-state index is 14.7. The van der Waals surface area contributed by atoms with Gasteiger partial charge in [0.2, 0.25) is 0 Å². The Kier molecular flexibility index (Phi) is 8.09. The summed E-state index contributed by atoms with van der Waals surface area (Å²) in [6.45, 7) is 1.93. The first-order chi connectivity index (χ1) is 20.8. The zero-order chi connectivity index (χ0) is 30.0. The Morgan fingerprint density at radius 3 is 1.63 bits per heavy atom. The van der Waals surface area contributed by atoms with E-state index in [-0.39, 0.29) is 4.90 Å². The molecule has 3 nitrogen and oxygen atoms in total. The minimum absolute atomic E-state index is 0.196. The van der Waals surface area contributed by atoms with Crippen LogP contribution in [0.2, 0.25) is 10.0 Å². The Hall–Kier alpha value is -4.35. The van der Waals surface area contributed by atoms with Crippen molar-refractivity contribution in [1.82, 2.24) is 3.97 Å². The van der Waals surface area contributed by atoms with E-state index in [1.54, 1.807) is 24.3 Å². The van der Waals surface area contributed by atoms with Crippen molar-refractivity contribution < 1.29 is 8.42 Å². The van der Waals surface area contributed by atoms with Crippen molar-refractivity contribution >= 4 is 44.9 Å². The average molecular weight is 621 g/mol. The van der Waals surface area contributed by atoms with Crippen molar-refractivity contribution in [3.63, 3.8) is 0 Å². The summed E-state index contributed by atoms with van der Waals surface area (Å²) in [5.41, 5.74) is 7.14. The van der Waals surface area contributed by atoms with Crippen LogP contribution < -0.4 is 0 Å². The predicted octanol–water partition coefficient (Wildman–Crippen LogP) is 10.3. The molecule has 5 aromatic carbocycles. The van der Waals surface area contributed by atoms with Gasteiger partial charge in [0.15, 0.2) is 0 Å². The summed E-state index contributed by atoms with van der Waals surface area (Å²) in [6, 6.07) is 43.5. The number of aryl methyl sites for hydroxylation is 1. The normalized spacial score (nSPS) is 11.3. The number of aromatic nitrogens is 1. The zero-order valence-corrected chi connectivity index (χ0v) is 25.6. The van der Waals surface area contributed by atoms with Crippen LogP contribution in [0.5, 0.6) is 0 Å². The highest BCUT2D eigenvalue weighted by Gasteiger charge is 2.27. The van der Waals surface area contributed by atoms with E-state index in [0.29, 0.717) is 21.4 Å².